The van der Waals surface area contributed by atoms with Crippen molar-refractivity contribution in [1.29, 1.82) is 0 Å². The van der Waals surface area contributed by atoms with Crippen molar-refractivity contribution in [3.05, 3.63) is 35.9 Å². The molecule has 1 aromatic rings. The van der Waals surface area contributed by atoms with Crippen LogP contribution in [0.4, 0.5) is 0 Å². The Bertz CT molecular complexity index is 297. The number of nitrogens with one attached hydrogen (secondary N) is 1. The number of hydrogen-bond donors (Lipinski definition) is 1. The van der Waals surface area contributed by atoms with E-state index < -0.39 is 0 Å². The van der Waals surface area contributed by atoms with E-state index in [4.69, 9.17) is 0 Å². The molecule has 1 nitrogen and oxygen atoms in total. The molecule has 0 aliphatic carbocycles. The SMILES string of the molecule is CCCCCC(NC(C)(C)C)c1ccccc1. The molecular formula is C16H27N. The third kappa shape index (κ3) is 5.88. The molecule has 0 aliphatic rings. The summed E-state index contributed by atoms with van der Waals surface area (Å²) in [5.41, 5.74) is 1.59. The van der Waals surface area contributed by atoms with Gasteiger partial charge in [0.1, 0.15) is 0 Å². The molecule has 0 fully saturated rings. The van der Waals surface area contributed by atoms with Gasteiger partial charge in [0.2, 0.25) is 0 Å². The van der Waals surface area contributed by atoms with E-state index >= 15 is 0 Å². The van der Waals surface area contributed by atoms with Crippen molar-refractivity contribution in [2.45, 2.75) is 65.0 Å². The average molecular weight is 233 g/mol. The minimum atomic E-state index is 0.173. The molecule has 0 heterocycles. The summed E-state index contributed by atoms with van der Waals surface area (Å²) in [5, 5.41) is 3.73. The first-order valence-corrected chi connectivity index (χ1v) is 6.85. The lowest BCUT2D eigenvalue weighted by molar-refractivity contribution is 0.344. The van der Waals surface area contributed by atoms with Crippen LogP contribution in [0.2, 0.25) is 0 Å². The van der Waals surface area contributed by atoms with Gasteiger partial charge in [-0.2, -0.15) is 0 Å². The van der Waals surface area contributed by atoms with Crippen molar-refractivity contribution in [2.75, 3.05) is 0 Å². The van der Waals surface area contributed by atoms with E-state index in [-0.39, 0.29) is 5.54 Å². The summed E-state index contributed by atoms with van der Waals surface area (Å²) in [7, 11) is 0. The summed E-state index contributed by atoms with van der Waals surface area (Å²) in [5.74, 6) is 0. The zero-order chi connectivity index (χ0) is 12.7. The Kier molecular flexibility index (Phi) is 5.70. The zero-order valence-electron chi connectivity index (χ0n) is 11.8. The minimum absolute atomic E-state index is 0.173. The lowest BCUT2D eigenvalue weighted by Gasteiger charge is -2.29. The average Bonchev–Trinajstić information content (AvgIpc) is 2.28. The van der Waals surface area contributed by atoms with Crippen LogP contribution >= 0.6 is 0 Å². The largest absolute Gasteiger partial charge is 0.305 e. The first kappa shape index (κ1) is 14.2. The molecule has 1 aromatic carbocycles. The highest BCUT2D eigenvalue weighted by molar-refractivity contribution is 5.19. The Morgan fingerprint density at radius 1 is 1.06 bits per heavy atom. The van der Waals surface area contributed by atoms with E-state index in [1.807, 2.05) is 0 Å². The van der Waals surface area contributed by atoms with Crippen LogP contribution in [0.15, 0.2) is 30.3 Å². The molecule has 0 saturated carbocycles. The summed E-state index contributed by atoms with van der Waals surface area (Å²) in [6, 6.07) is 11.3. The maximum atomic E-state index is 3.73. The van der Waals surface area contributed by atoms with Crippen LogP contribution < -0.4 is 5.32 Å². The Labute approximate surface area is 107 Å². The number of hydrogen-bond acceptors (Lipinski definition) is 1. The van der Waals surface area contributed by atoms with Crippen molar-refractivity contribution in [3.63, 3.8) is 0 Å². The van der Waals surface area contributed by atoms with Crippen molar-refractivity contribution >= 4 is 0 Å². The first-order chi connectivity index (χ1) is 8.03. The van der Waals surface area contributed by atoms with E-state index in [1.54, 1.807) is 0 Å². The third-order valence-electron chi connectivity index (χ3n) is 2.91. The van der Waals surface area contributed by atoms with Crippen molar-refractivity contribution in [1.82, 2.24) is 5.32 Å². The molecule has 1 N–H and O–H groups in total. The van der Waals surface area contributed by atoms with E-state index in [0.29, 0.717) is 6.04 Å². The topological polar surface area (TPSA) is 12.0 Å². The molecule has 0 saturated heterocycles. The van der Waals surface area contributed by atoms with Crippen molar-refractivity contribution in [3.8, 4) is 0 Å². The molecule has 96 valence electrons. The molecule has 1 atom stereocenters. The normalized spacial score (nSPS) is 13.6. The molecule has 0 amide bonds. The summed E-state index contributed by atoms with van der Waals surface area (Å²) in [4.78, 5) is 0. The van der Waals surface area contributed by atoms with Gasteiger partial charge in [-0.15, -0.1) is 0 Å². The molecular weight excluding hydrogens is 206 g/mol. The van der Waals surface area contributed by atoms with Gasteiger partial charge in [-0.25, -0.2) is 0 Å². The summed E-state index contributed by atoms with van der Waals surface area (Å²) in [6.07, 6.45) is 5.15. The van der Waals surface area contributed by atoms with E-state index in [1.165, 1.54) is 31.2 Å². The fourth-order valence-electron chi connectivity index (χ4n) is 2.13. The summed E-state index contributed by atoms with van der Waals surface area (Å²) in [6.45, 7) is 8.98. The monoisotopic (exact) mass is 233 g/mol. The quantitative estimate of drug-likeness (QED) is 0.702. The van der Waals surface area contributed by atoms with Crippen LogP contribution in [-0.2, 0) is 0 Å². The molecule has 17 heavy (non-hydrogen) atoms. The second-order valence-electron chi connectivity index (χ2n) is 5.85. The van der Waals surface area contributed by atoms with Gasteiger partial charge in [0, 0.05) is 11.6 Å². The third-order valence-corrected chi connectivity index (χ3v) is 2.91. The fraction of sp³-hybridized carbons (Fsp3) is 0.625. The Hall–Kier alpha value is -0.820. The molecule has 1 heteroatoms. The predicted molar refractivity (Wildman–Crippen MR) is 76.2 cm³/mol. The molecule has 0 radical (unpaired) electrons. The first-order valence-electron chi connectivity index (χ1n) is 6.85. The van der Waals surface area contributed by atoms with Gasteiger partial charge in [-0.1, -0.05) is 56.5 Å². The number of benzene rings is 1. The molecule has 1 rings (SSSR count). The maximum absolute atomic E-state index is 3.73. The fourth-order valence-corrected chi connectivity index (χ4v) is 2.13. The van der Waals surface area contributed by atoms with Crippen molar-refractivity contribution in [2.24, 2.45) is 0 Å². The molecule has 0 bridgehead atoms. The highest BCUT2D eigenvalue weighted by Gasteiger charge is 2.17. The Morgan fingerprint density at radius 3 is 2.24 bits per heavy atom. The summed E-state index contributed by atoms with van der Waals surface area (Å²) < 4.78 is 0. The lowest BCUT2D eigenvalue weighted by atomic mass is 9.97. The Morgan fingerprint density at radius 2 is 1.71 bits per heavy atom. The van der Waals surface area contributed by atoms with Gasteiger partial charge < -0.3 is 5.32 Å². The van der Waals surface area contributed by atoms with Gasteiger partial charge in [-0.3, -0.25) is 0 Å². The molecule has 0 spiro atoms. The van der Waals surface area contributed by atoms with Gasteiger partial charge in [0.15, 0.2) is 0 Å². The standard InChI is InChI=1S/C16H27N/c1-5-6-8-13-15(17-16(2,3)4)14-11-9-7-10-12-14/h7,9-12,15,17H,5-6,8,13H2,1-4H3. The van der Waals surface area contributed by atoms with Crippen LogP contribution in [0.25, 0.3) is 0 Å². The highest BCUT2D eigenvalue weighted by Crippen LogP contribution is 2.22. The van der Waals surface area contributed by atoms with E-state index in [0.717, 1.165) is 0 Å². The van der Waals surface area contributed by atoms with Crippen molar-refractivity contribution < 1.29 is 0 Å². The van der Waals surface area contributed by atoms with E-state index in [9.17, 15) is 0 Å². The van der Waals surface area contributed by atoms with E-state index in [2.05, 4.69) is 63.3 Å². The van der Waals surface area contributed by atoms with Crippen LogP contribution in [0.3, 0.4) is 0 Å². The van der Waals surface area contributed by atoms with Gasteiger partial charge >= 0.3 is 0 Å². The van der Waals surface area contributed by atoms with Gasteiger partial charge in [0.25, 0.3) is 0 Å². The van der Waals surface area contributed by atoms with Crippen LogP contribution in [0.1, 0.15) is 65.0 Å². The predicted octanol–water partition coefficient (Wildman–Crippen LogP) is 4.70. The second kappa shape index (κ2) is 6.80. The number of rotatable bonds is 6. The van der Waals surface area contributed by atoms with Crippen LogP contribution in [0, 0.1) is 0 Å². The van der Waals surface area contributed by atoms with Gasteiger partial charge in [0.05, 0.1) is 0 Å². The van der Waals surface area contributed by atoms with Crippen LogP contribution in [-0.4, -0.2) is 5.54 Å². The summed E-state index contributed by atoms with van der Waals surface area (Å²) >= 11 is 0. The zero-order valence-corrected chi connectivity index (χ0v) is 11.8. The Balaban J connectivity index is 2.65. The maximum Gasteiger partial charge on any atom is 0.0324 e. The highest BCUT2D eigenvalue weighted by atomic mass is 15.0. The molecule has 0 aliphatic heterocycles. The number of unbranched alkanes of at least 4 members (excludes halogenated alkanes) is 2. The van der Waals surface area contributed by atoms with Crippen LogP contribution in [0.5, 0.6) is 0 Å². The molecule has 0 aromatic heterocycles. The molecule has 1 unspecified atom stereocenters. The minimum Gasteiger partial charge on any atom is -0.305 e. The van der Waals surface area contributed by atoms with Gasteiger partial charge in [-0.05, 0) is 32.8 Å². The lowest BCUT2D eigenvalue weighted by Crippen LogP contribution is -2.38. The second-order valence-corrected chi connectivity index (χ2v) is 5.85. The smallest absolute Gasteiger partial charge is 0.0324 e.